The van der Waals surface area contributed by atoms with E-state index in [1.165, 1.54) is 18.2 Å². The Hall–Kier alpha value is -2.01. The zero-order chi connectivity index (χ0) is 15.2. The summed E-state index contributed by atoms with van der Waals surface area (Å²) >= 11 is 0. The van der Waals surface area contributed by atoms with Crippen LogP contribution in [0.25, 0.3) is 0 Å². The molecule has 0 aliphatic rings. The molecule has 0 radical (unpaired) electrons. The lowest BCUT2D eigenvalue weighted by molar-refractivity contribution is 0.291. The number of hydrogen-bond donors (Lipinski definition) is 1. The fourth-order valence-electron chi connectivity index (χ4n) is 1.90. The lowest BCUT2D eigenvalue weighted by atomic mass is 10.2. The summed E-state index contributed by atoms with van der Waals surface area (Å²) in [6.45, 7) is 2.91. The lowest BCUT2D eigenvalue weighted by Crippen LogP contribution is -2.12. The molecule has 0 bridgehead atoms. The van der Waals surface area contributed by atoms with Crippen LogP contribution in [0.1, 0.15) is 18.1 Å². The normalized spacial score (nSPS) is 10.7. The van der Waals surface area contributed by atoms with Crippen LogP contribution in [0.15, 0.2) is 36.4 Å². The highest BCUT2D eigenvalue weighted by atomic mass is 19.1. The molecule has 0 saturated heterocycles. The number of benzene rings is 2. The summed E-state index contributed by atoms with van der Waals surface area (Å²) in [4.78, 5) is 0. The fourth-order valence-corrected chi connectivity index (χ4v) is 1.90. The van der Waals surface area contributed by atoms with Gasteiger partial charge in [0.05, 0.1) is 5.56 Å². The predicted molar refractivity (Wildman–Crippen MR) is 74.5 cm³/mol. The molecule has 2 nitrogen and oxygen atoms in total. The van der Waals surface area contributed by atoms with Gasteiger partial charge >= 0.3 is 0 Å². The van der Waals surface area contributed by atoms with Crippen LogP contribution < -0.4 is 10.1 Å². The van der Waals surface area contributed by atoms with Crippen molar-refractivity contribution in [1.82, 2.24) is 5.32 Å². The van der Waals surface area contributed by atoms with Crippen LogP contribution in [0.2, 0.25) is 0 Å². The SMILES string of the molecule is CCNCc1cc(F)cc(OCc2c(F)cccc2F)c1. The molecule has 2 aromatic carbocycles. The van der Waals surface area contributed by atoms with E-state index in [-0.39, 0.29) is 17.9 Å². The van der Waals surface area contributed by atoms with Crippen molar-refractivity contribution >= 4 is 0 Å². The van der Waals surface area contributed by atoms with E-state index in [1.54, 1.807) is 6.07 Å². The minimum Gasteiger partial charge on any atom is -0.489 e. The maximum Gasteiger partial charge on any atom is 0.132 e. The molecule has 0 aliphatic carbocycles. The first-order chi connectivity index (χ1) is 10.1. The van der Waals surface area contributed by atoms with Crippen LogP contribution in [-0.2, 0) is 13.2 Å². The molecule has 2 rings (SSSR count). The zero-order valence-corrected chi connectivity index (χ0v) is 11.6. The van der Waals surface area contributed by atoms with Gasteiger partial charge in [-0.25, -0.2) is 13.2 Å². The monoisotopic (exact) mass is 295 g/mol. The maximum absolute atomic E-state index is 13.5. The van der Waals surface area contributed by atoms with Gasteiger partial charge in [-0.3, -0.25) is 0 Å². The molecule has 2 aromatic rings. The van der Waals surface area contributed by atoms with E-state index in [0.717, 1.165) is 18.7 Å². The molecule has 112 valence electrons. The van der Waals surface area contributed by atoms with Crippen molar-refractivity contribution in [2.75, 3.05) is 6.54 Å². The number of rotatable bonds is 6. The molecular formula is C16H16F3NO. The second-order valence-electron chi connectivity index (χ2n) is 4.56. The average Bonchev–Trinajstić information content (AvgIpc) is 2.44. The molecular weight excluding hydrogens is 279 g/mol. The molecule has 5 heteroatoms. The van der Waals surface area contributed by atoms with E-state index in [1.807, 2.05) is 6.92 Å². The summed E-state index contributed by atoms with van der Waals surface area (Å²) in [6.07, 6.45) is 0. The van der Waals surface area contributed by atoms with Crippen LogP contribution in [0.4, 0.5) is 13.2 Å². The van der Waals surface area contributed by atoms with Crippen molar-refractivity contribution in [1.29, 1.82) is 0 Å². The van der Waals surface area contributed by atoms with Crippen LogP contribution in [-0.4, -0.2) is 6.54 Å². The minimum atomic E-state index is -0.681. The smallest absolute Gasteiger partial charge is 0.132 e. The van der Waals surface area contributed by atoms with Gasteiger partial charge in [-0.15, -0.1) is 0 Å². The molecule has 0 saturated carbocycles. The number of ether oxygens (including phenoxy) is 1. The quantitative estimate of drug-likeness (QED) is 0.875. The third-order valence-corrected chi connectivity index (χ3v) is 2.96. The topological polar surface area (TPSA) is 21.3 Å². The number of hydrogen-bond acceptors (Lipinski definition) is 2. The van der Waals surface area contributed by atoms with Gasteiger partial charge in [-0.1, -0.05) is 13.0 Å². The van der Waals surface area contributed by atoms with Gasteiger partial charge in [0.2, 0.25) is 0 Å². The molecule has 0 heterocycles. The standard InChI is InChI=1S/C16H16F3NO/c1-2-20-9-11-6-12(17)8-13(7-11)21-10-14-15(18)4-3-5-16(14)19/h3-8,20H,2,9-10H2,1H3. The Bertz CT molecular complexity index is 596. The molecule has 0 spiro atoms. The van der Waals surface area contributed by atoms with Crippen molar-refractivity contribution in [3.8, 4) is 5.75 Å². The van der Waals surface area contributed by atoms with Crippen LogP contribution in [0.5, 0.6) is 5.75 Å². The molecule has 0 amide bonds. The summed E-state index contributed by atoms with van der Waals surface area (Å²) in [5.41, 5.74) is 0.538. The number of halogens is 3. The van der Waals surface area contributed by atoms with E-state index in [4.69, 9.17) is 4.74 Å². The van der Waals surface area contributed by atoms with E-state index >= 15 is 0 Å². The minimum absolute atomic E-state index is 0.171. The summed E-state index contributed by atoms with van der Waals surface area (Å²) in [6, 6.07) is 7.82. The molecule has 0 unspecified atom stereocenters. The number of nitrogens with one attached hydrogen (secondary N) is 1. The molecule has 0 aromatic heterocycles. The molecule has 1 N–H and O–H groups in total. The molecule has 0 aliphatic heterocycles. The second kappa shape index (κ2) is 7.13. The van der Waals surface area contributed by atoms with E-state index in [2.05, 4.69) is 5.32 Å². The molecule has 0 atom stereocenters. The highest BCUT2D eigenvalue weighted by Crippen LogP contribution is 2.20. The first-order valence-electron chi connectivity index (χ1n) is 6.66. The Morgan fingerprint density at radius 3 is 2.43 bits per heavy atom. The maximum atomic E-state index is 13.5. The lowest BCUT2D eigenvalue weighted by Gasteiger charge is -2.10. The third kappa shape index (κ3) is 4.23. The van der Waals surface area contributed by atoms with Crippen molar-refractivity contribution < 1.29 is 17.9 Å². The Balaban J connectivity index is 2.11. The van der Waals surface area contributed by atoms with Gasteiger partial charge in [0.25, 0.3) is 0 Å². The predicted octanol–water partition coefficient (Wildman–Crippen LogP) is 3.79. The van der Waals surface area contributed by atoms with Crippen molar-refractivity contribution in [3.05, 3.63) is 65.0 Å². The van der Waals surface area contributed by atoms with E-state index in [0.29, 0.717) is 12.1 Å². The second-order valence-corrected chi connectivity index (χ2v) is 4.56. The van der Waals surface area contributed by atoms with Crippen LogP contribution in [0.3, 0.4) is 0 Å². The molecule has 21 heavy (non-hydrogen) atoms. The average molecular weight is 295 g/mol. The van der Waals surface area contributed by atoms with Gasteiger partial charge in [-0.05, 0) is 36.4 Å². The van der Waals surface area contributed by atoms with Gasteiger partial charge in [0.1, 0.15) is 29.8 Å². The highest BCUT2D eigenvalue weighted by molar-refractivity contribution is 5.30. The van der Waals surface area contributed by atoms with Crippen LogP contribution in [0, 0.1) is 17.5 Å². The summed E-state index contributed by atoms with van der Waals surface area (Å²) in [5.74, 6) is -1.57. The van der Waals surface area contributed by atoms with E-state index < -0.39 is 17.5 Å². The van der Waals surface area contributed by atoms with Crippen LogP contribution >= 0.6 is 0 Å². The first kappa shape index (κ1) is 15.4. The molecule has 0 fully saturated rings. The fraction of sp³-hybridized carbons (Fsp3) is 0.250. The Kier molecular flexibility index (Phi) is 5.22. The Morgan fingerprint density at radius 2 is 1.76 bits per heavy atom. The van der Waals surface area contributed by atoms with Crippen molar-refractivity contribution in [3.63, 3.8) is 0 Å². The summed E-state index contributed by atoms with van der Waals surface area (Å²) < 4.78 is 45.7. The van der Waals surface area contributed by atoms with Gasteiger partial charge in [0, 0.05) is 12.6 Å². The zero-order valence-electron chi connectivity index (χ0n) is 11.6. The Labute approximate surface area is 121 Å². The van der Waals surface area contributed by atoms with Gasteiger partial charge in [0.15, 0.2) is 0 Å². The summed E-state index contributed by atoms with van der Waals surface area (Å²) in [7, 11) is 0. The highest BCUT2D eigenvalue weighted by Gasteiger charge is 2.10. The van der Waals surface area contributed by atoms with Gasteiger partial charge < -0.3 is 10.1 Å². The van der Waals surface area contributed by atoms with Gasteiger partial charge in [-0.2, -0.15) is 0 Å². The Morgan fingerprint density at radius 1 is 1.05 bits per heavy atom. The first-order valence-corrected chi connectivity index (χ1v) is 6.66. The van der Waals surface area contributed by atoms with Crippen molar-refractivity contribution in [2.45, 2.75) is 20.1 Å². The largest absolute Gasteiger partial charge is 0.489 e. The van der Waals surface area contributed by atoms with Crippen molar-refractivity contribution in [2.24, 2.45) is 0 Å². The summed E-state index contributed by atoms with van der Waals surface area (Å²) in [5, 5.41) is 3.07. The third-order valence-electron chi connectivity index (χ3n) is 2.96. The van der Waals surface area contributed by atoms with E-state index in [9.17, 15) is 13.2 Å².